The fourth-order valence-corrected chi connectivity index (χ4v) is 2.92. The normalized spacial score (nSPS) is 12.8. The molecule has 0 aliphatic heterocycles. The number of nitrogens with zero attached hydrogens (tertiary/aromatic N) is 2. The molecule has 8 nitrogen and oxygen atoms in total. The number of carbonyl (C=O) groups is 3. The number of aliphatic carboxylic acids is 1. The van der Waals surface area contributed by atoms with Crippen LogP contribution in [0.1, 0.15) is 44.7 Å². The maximum Gasteiger partial charge on any atom is 0.305 e. The molecule has 2 amide bonds. The van der Waals surface area contributed by atoms with E-state index in [1.54, 1.807) is 11.5 Å². The van der Waals surface area contributed by atoms with Gasteiger partial charge in [-0.3, -0.25) is 14.4 Å². The third-order valence-electron chi connectivity index (χ3n) is 4.35. The molecular formula is C20H24F2N4O4. The van der Waals surface area contributed by atoms with Gasteiger partial charge in [0.2, 0.25) is 11.8 Å². The summed E-state index contributed by atoms with van der Waals surface area (Å²) < 4.78 is 28.1. The van der Waals surface area contributed by atoms with Crippen LogP contribution in [0.4, 0.5) is 14.6 Å². The molecular weight excluding hydrogens is 398 g/mol. The van der Waals surface area contributed by atoms with Gasteiger partial charge in [-0.05, 0) is 31.0 Å². The summed E-state index contributed by atoms with van der Waals surface area (Å²) in [6, 6.07) is 1.62. The van der Waals surface area contributed by atoms with Gasteiger partial charge in [-0.2, -0.15) is 0 Å². The summed E-state index contributed by atoms with van der Waals surface area (Å²) in [5, 5.41) is 14.0. The van der Waals surface area contributed by atoms with Crippen LogP contribution in [0.2, 0.25) is 0 Å². The number of nitrogens with one attached hydrogen (secondary N) is 2. The maximum absolute atomic E-state index is 13.3. The maximum atomic E-state index is 13.3. The third kappa shape index (κ3) is 6.94. The second-order valence-electron chi connectivity index (χ2n) is 7.01. The van der Waals surface area contributed by atoms with Crippen LogP contribution in [0.5, 0.6) is 0 Å². The van der Waals surface area contributed by atoms with E-state index in [1.807, 2.05) is 6.92 Å². The fraction of sp³-hybridized carbons (Fsp3) is 0.400. The van der Waals surface area contributed by atoms with E-state index in [-0.39, 0.29) is 30.3 Å². The number of rotatable bonds is 10. The average Bonchev–Trinajstić information content (AvgIpc) is 3.08. The first-order valence-electron chi connectivity index (χ1n) is 9.48. The number of halogens is 2. The Balaban J connectivity index is 1.99. The number of carboxylic acid groups (broad SMARTS) is 1. The minimum atomic E-state index is -0.953. The van der Waals surface area contributed by atoms with Crippen molar-refractivity contribution in [3.05, 3.63) is 47.9 Å². The Morgan fingerprint density at radius 2 is 1.87 bits per heavy atom. The van der Waals surface area contributed by atoms with Crippen molar-refractivity contribution >= 4 is 23.6 Å². The van der Waals surface area contributed by atoms with Gasteiger partial charge in [-0.15, -0.1) is 0 Å². The van der Waals surface area contributed by atoms with Crippen molar-refractivity contribution in [1.29, 1.82) is 0 Å². The first-order valence-corrected chi connectivity index (χ1v) is 9.48. The van der Waals surface area contributed by atoms with Crippen molar-refractivity contribution < 1.29 is 28.3 Å². The smallest absolute Gasteiger partial charge is 0.305 e. The lowest BCUT2D eigenvalue weighted by atomic mass is 10.1. The van der Waals surface area contributed by atoms with Crippen molar-refractivity contribution in [1.82, 2.24) is 14.9 Å². The number of carbonyl (C=O) groups excluding carboxylic acids is 2. The van der Waals surface area contributed by atoms with Crippen LogP contribution in [0.3, 0.4) is 0 Å². The highest BCUT2D eigenvalue weighted by molar-refractivity contribution is 5.96. The number of hydrogen-bond donors (Lipinski definition) is 3. The molecule has 2 rings (SSSR count). The van der Waals surface area contributed by atoms with Gasteiger partial charge in [0.1, 0.15) is 17.7 Å². The highest BCUT2D eigenvalue weighted by Crippen LogP contribution is 2.14. The summed E-state index contributed by atoms with van der Waals surface area (Å²) >= 11 is 0. The Kier molecular flexibility index (Phi) is 8.02. The molecule has 0 saturated heterocycles. The van der Waals surface area contributed by atoms with E-state index in [4.69, 9.17) is 5.11 Å². The average molecular weight is 422 g/mol. The number of carboxylic acids is 1. The molecule has 0 saturated carbocycles. The van der Waals surface area contributed by atoms with Crippen molar-refractivity contribution in [3.63, 3.8) is 0 Å². The largest absolute Gasteiger partial charge is 0.481 e. The number of benzene rings is 1. The van der Waals surface area contributed by atoms with E-state index < -0.39 is 35.5 Å². The minimum Gasteiger partial charge on any atom is -0.481 e. The zero-order valence-corrected chi connectivity index (χ0v) is 16.7. The Bertz CT molecular complexity index is 896. The Morgan fingerprint density at radius 1 is 1.20 bits per heavy atom. The van der Waals surface area contributed by atoms with Gasteiger partial charge in [0.25, 0.3) is 0 Å². The standard InChI is InChI=1S/C20H24F2N4O4/c1-3-4-16(24-18(27)8-13-6-14(21)9-15(22)7-13)20(30)25-17-10-26(11-23-17)12(2)5-19(28)29/h6-7,9-12,16H,3-5,8H2,1-2H3,(H,24,27)(H,25,30)(H,28,29). The molecule has 1 heterocycles. The SMILES string of the molecule is CCCC(NC(=O)Cc1cc(F)cc(F)c1)C(=O)Nc1cn(C(C)CC(=O)O)cn1. The summed E-state index contributed by atoms with van der Waals surface area (Å²) in [7, 11) is 0. The van der Waals surface area contributed by atoms with Gasteiger partial charge in [-0.25, -0.2) is 13.8 Å². The first-order chi connectivity index (χ1) is 14.2. The Labute approximate surface area is 172 Å². The second kappa shape index (κ2) is 10.5. The molecule has 162 valence electrons. The van der Waals surface area contributed by atoms with E-state index in [2.05, 4.69) is 15.6 Å². The van der Waals surface area contributed by atoms with E-state index in [9.17, 15) is 23.2 Å². The van der Waals surface area contributed by atoms with Gasteiger partial charge >= 0.3 is 5.97 Å². The number of anilines is 1. The van der Waals surface area contributed by atoms with Gasteiger partial charge in [0.05, 0.1) is 19.2 Å². The number of amides is 2. The van der Waals surface area contributed by atoms with Crippen molar-refractivity contribution in [2.45, 2.75) is 51.6 Å². The highest BCUT2D eigenvalue weighted by atomic mass is 19.1. The fourth-order valence-electron chi connectivity index (χ4n) is 2.92. The summed E-state index contributed by atoms with van der Waals surface area (Å²) in [6.45, 7) is 3.55. The molecule has 30 heavy (non-hydrogen) atoms. The summed E-state index contributed by atoms with van der Waals surface area (Å²) in [5.74, 6) is -3.34. The van der Waals surface area contributed by atoms with Gasteiger partial charge in [-0.1, -0.05) is 13.3 Å². The van der Waals surface area contributed by atoms with Crippen LogP contribution in [0.25, 0.3) is 0 Å². The van der Waals surface area contributed by atoms with Crippen LogP contribution in [0.15, 0.2) is 30.7 Å². The van der Waals surface area contributed by atoms with Crippen LogP contribution in [-0.4, -0.2) is 38.5 Å². The van der Waals surface area contributed by atoms with Crippen molar-refractivity contribution in [3.8, 4) is 0 Å². The van der Waals surface area contributed by atoms with E-state index in [1.165, 1.54) is 12.5 Å². The van der Waals surface area contributed by atoms with E-state index >= 15 is 0 Å². The number of hydrogen-bond acceptors (Lipinski definition) is 4. The minimum absolute atomic E-state index is 0.0983. The molecule has 0 spiro atoms. The first kappa shape index (κ1) is 23.0. The second-order valence-corrected chi connectivity index (χ2v) is 7.01. The topological polar surface area (TPSA) is 113 Å². The van der Waals surface area contributed by atoms with Crippen LogP contribution in [-0.2, 0) is 20.8 Å². The predicted octanol–water partition coefficient (Wildman–Crippen LogP) is 2.66. The van der Waals surface area contributed by atoms with Crippen LogP contribution < -0.4 is 10.6 Å². The van der Waals surface area contributed by atoms with E-state index in [0.717, 1.165) is 12.1 Å². The quantitative estimate of drug-likeness (QED) is 0.545. The van der Waals surface area contributed by atoms with Gasteiger partial charge < -0.3 is 20.3 Å². The third-order valence-corrected chi connectivity index (χ3v) is 4.35. The Hall–Kier alpha value is -3.30. The van der Waals surface area contributed by atoms with Crippen LogP contribution in [0, 0.1) is 11.6 Å². The lowest BCUT2D eigenvalue weighted by molar-refractivity contribution is -0.137. The molecule has 2 aromatic rings. The zero-order chi connectivity index (χ0) is 22.3. The molecule has 10 heteroatoms. The van der Waals surface area contributed by atoms with Crippen molar-refractivity contribution in [2.24, 2.45) is 0 Å². The summed E-state index contributed by atoms with van der Waals surface area (Å²) in [6.07, 6.45) is 3.51. The highest BCUT2D eigenvalue weighted by Gasteiger charge is 2.21. The molecule has 1 aromatic carbocycles. The van der Waals surface area contributed by atoms with Crippen molar-refractivity contribution in [2.75, 3.05) is 5.32 Å². The van der Waals surface area contributed by atoms with Gasteiger partial charge in [0, 0.05) is 18.3 Å². The molecule has 2 unspecified atom stereocenters. The van der Waals surface area contributed by atoms with Gasteiger partial charge in [0.15, 0.2) is 5.82 Å². The summed E-state index contributed by atoms with van der Waals surface area (Å²) in [5.41, 5.74) is 0.159. The molecule has 0 aliphatic rings. The zero-order valence-electron chi connectivity index (χ0n) is 16.7. The number of aromatic nitrogens is 2. The molecule has 3 N–H and O–H groups in total. The molecule has 0 aliphatic carbocycles. The monoisotopic (exact) mass is 422 g/mol. The van der Waals surface area contributed by atoms with E-state index in [0.29, 0.717) is 18.9 Å². The Morgan fingerprint density at radius 3 is 2.47 bits per heavy atom. The van der Waals surface area contributed by atoms with Crippen LogP contribution >= 0.6 is 0 Å². The molecule has 1 aromatic heterocycles. The number of imidazole rings is 1. The summed E-state index contributed by atoms with van der Waals surface area (Å²) in [4.78, 5) is 39.7. The molecule has 2 atom stereocenters. The molecule has 0 radical (unpaired) electrons. The molecule has 0 fully saturated rings. The predicted molar refractivity (Wildman–Crippen MR) is 105 cm³/mol. The lowest BCUT2D eigenvalue weighted by Crippen LogP contribution is -2.44. The molecule has 0 bridgehead atoms. The lowest BCUT2D eigenvalue weighted by Gasteiger charge is -2.17.